The van der Waals surface area contributed by atoms with Crippen molar-refractivity contribution in [3.8, 4) is 5.75 Å². The van der Waals surface area contributed by atoms with Crippen molar-refractivity contribution in [2.75, 3.05) is 0 Å². The number of halogens is 2. The third kappa shape index (κ3) is 9.17. The number of phenolic OH excluding ortho intramolecular Hbond substituents is 1. The van der Waals surface area contributed by atoms with Gasteiger partial charge in [0.15, 0.2) is 0 Å². The molecular formula is C20H25ClINO6S. The van der Waals surface area contributed by atoms with Crippen LogP contribution in [0, 0.1) is 10.5 Å². The van der Waals surface area contributed by atoms with E-state index < -0.39 is 27.7 Å². The highest BCUT2D eigenvalue weighted by Gasteiger charge is 2.22. The molecule has 0 unspecified atom stereocenters. The Kier molecular flexibility index (Phi) is 9.55. The largest absolute Gasteiger partial charge is 0.506 e. The number of carbonyl (C=O) groups excluding carboxylic acids is 1. The van der Waals surface area contributed by atoms with E-state index in [4.69, 9.17) is 26.6 Å². The second-order valence-corrected chi connectivity index (χ2v) is 10.5. The van der Waals surface area contributed by atoms with Crippen LogP contribution in [-0.2, 0) is 19.6 Å². The van der Waals surface area contributed by atoms with Gasteiger partial charge in [-0.3, -0.25) is 9.35 Å². The number of hydrogen-bond donors (Lipinski definition) is 3. The quantitative estimate of drug-likeness (QED) is 0.278. The number of aromatic hydroxyl groups is 1. The minimum atomic E-state index is -4.02. The first-order chi connectivity index (χ1) is 13.6. The van der Waals surface area contributed by atoms with Crippen molar-refractivity contribution >= 4 is 50.3 Å². The van der Waals surface area contributed by atoms with E-state index in [1.54, 1.807) is 45.0 Å². The Hall–Kier alpha value is -1.40. The van der Waals surface area contributed by atoms with Crippen molar-refractivity contribution in [3.05, 3.63) is 56.1 Å². The van der Waals surface area contributed by atoms with Gasteiger partial charge in [-0.05, 0) is 74.6 Å². The molecule has 0 amide bonds. The Bertz CT molecular complexity index is 988. The summed E-state index contributed by atoms with van der Waals surface area (Å²) in [6.45, 7) is 7.20. The Morgan fingerprint density at radius 2 is 1.77 bits per heavy atom. The van der Waals surface area contributed by atoms with Crippen molar-refractivity contribution in [2.24, 2.45) is 5.73 Å². The minimum Gasteiger partial charge on any atom is -0.506 e. The summed E-state index contributed by atoms with van der Waals surface area (Å²) in [5.41, 5.74) is 6.78. The molecule has 1 atom stereocenters. The molecule has 166 valence electrons. The molecule has 0 aromatic heterocycles. The monoisotopic (exact) mass is 569 g/mol. The second kappa shape index (κ2) is 10.8. The van der Waals surface area contributed by atoms with E-state index in [0.29, 0.717) is 14.2 Å². The molecule has 0 saturated heterocycles. The predicted molar refractivity (Wildman–Crippen MR) is 124 cm³/mol. The van der Waals surface area contributed by atoms with Gasteiger partial charge in [-0.1, -0.05) is 29.3 Å². The topological polar surface area (TPSA) is 127 Å². The van der Waals surface area contributed by atoms with Crippen molar-refractivity contribution < 1.29 is 27.6 Å². The highest BCUT2D eigenvalue weighted by molar-refractivity contribution is 14.1. The Morgan fingerprint density at radius 3 is 2.23 bits per heavy atom. The number of rotatable bonds is 4. The van der Waals surface area contributed by atoms with Crippen LogP contribution in [0.3, 0.4) is 0 Å². The average Bonchev–Trinajstić information content (AvgIpc) is 2.56. The highest BCUT2D eigenvalue weighted by Crippen LogP contribution is 2.33. The minimum absolute atomic E-state index is 0.0126. The van der Waals surface area contributed by atoms with Gasteiger partial charge in [0.1, 0.15) is 11.4 Å². The Labute approximate surface area is 195 Å². The predicted octanol–water partition coefficient (Wildman–Crippen LogP) is 4.62. The number of hydrogen-bond acceptors (Lipinski definition) is 6. The number of nitrogens with two attached hydrogens (primary N) is 1. The summed E-state index contributed by atoms with van der Waals surface area (Å²) >= 11 is 7.88. The van der Waals surface area contributed by atoms with Crippen LogP contribution in [0.25, 0.3) is 0 Å². The van der Waals surface area contributed by atoms with Gasteiger partial charge in [0.25, 0.3) is 10.1 Å². The van der Waals surface area contributed by atoms with E-state index >= 15 is 0 Å². The maximum Gasteiger partial charge on any atom is 0.308 e. The van der Waals surface area contributed by atoms with Crippen LogP contribution < -0.4 is 5.73 Å². The SMILES string of the molecule is CC(C)(C)OC(=O)C[C@H](N)c1cc(Cl)cc(I)c1O.Cc1ccc(S(=O)(=O)O)cc1. The van der Waals surface area contributed by atoms with Gasteiger partial charge in [0.2, 0.25) is 0 Å². The molecule has 0 fully saturated rings. The molecule has 10 heteroatoms. The number of esters is 1. The molecule has 0 spiro atoms. The number of benzene rings is 2. The first kappa shape index (κ1) is 26.6. The van der Waals surface area contributed by atoms with Crippen molar-refractivity contribution in [2.45, 2.75) is 50.7 Å². The number of phenols is 1. The zero-order chi connectivity index (χ0) is 23.3. The van der Waals surface area contributed by atoms with E-state index in [0.717, 1.165) is 5.56 Å². The zero-order valence-electron chi connectivity index (χ0n) is 17.0. The fourth-order valence-electron chi connectivity index (χ4n) is 2.25. The lowest BCUT2D eigenvalue weighted by molar-refractivity contribution is -0.155. The molecule has 0 aliphatic heterocycles. The van der Waals surface area contributed by atoms with Gasteiger partial charge < -0.3 is 15.6 Å². The maximum absolute atomic E-state index is 11.7. The first-order valence-electron chi connectivity index (χ1n) is 8.79. The third-order valence-electron chi connectivity index (χ3n) is 3.58. The highest BCUT2D eigenvalue weighted by atomic mass is 127. The van der Waals surface area contributed by atoms with E-state index in [2.05, 4.69) is 0 Å². The van der Waals surface area contributed by atoms with Crippen molar-refractivity contribution in [1.82, 2.24) is 0 Å². The van der Waals surface area contributed by atoms with Crippen LogP contribution >= 0.6 is 34.2 Å². The lowest BCUT2D eigenvalue weighted by Gasteiger charge is -2.21. The third-order valence-corrected chi connectivity index (χ3v) is 5.49. The smallest absolute Gasteiger partial charge is 0.308 e. The van der Waals surface area contributed by atoms with Crippen LogP contribution in [-0.4, -0.2) is 29.6 Å². The van der Waals surface area contributed by atoms with Gasteiger partial charge in [-0.25, -0.2) is 0 Å². The molecule has 0 bridgehead atoms. The molecule has 2 rings (SSSR count). The fraction of sp³-hybridized carbons (Fsp3) is 0.350. The Balaban J connectivity index is 0.000000346. The molecule has 7 nitrogen and oxygen atoms in total. The molecule has 30 heavy (non-hydrogen) atoms. The molecule has 2 aromatic rings. The standard InChI is InChI=1S/C13H17ClINO3.C7H8O3S/c1-13(2,3)19-11(17)6-10(16)8-4-7(14)5-9(15)12(8)18;1-6-2-4-7(5-3-6)11(8,9)10/h4-5,10,18H,6,16H2,1-3H3;2-5H,1H3,(H,8,9,10)/t10-;/m0./s1. The summed E-state index contributed by atoms with van der Waals surface area (Å²) in [6.07, 6.45) is -0.0126. The molecule has 4 N–H and O–H groups in total. The molecule has 0 radical (unpaired) electrons. The van der Waals surface area contributed by atoms with Crippen molar-refractivity contribution in [3.63, 3.8) is 0 Å². The van der Waals surface area contributed by atoms with Crippen molar-refractivity contribution in [1.29, 1.82) is 0 Å². The second-order valence-electron chi connectivity index (χ2n) is 7.51. The van der Waals surface area contributed by atoms with Gasteiger partial charge in [-0.2, -0.15) is 8.42 Å². The van der Waals surface area contributed by atoms with E-state index in [-0.39, 0.29) is 17.1 Å². The van der Waals surface area contributed by atoms with Gasteiger partial charge in [0.05, 0.1) is 14.9 Å². The number of carbonyl (C=O) groups is 1. The molecule has 0 aliphatic rings. The summed E-state index contributed by atoms with van der Waals surface area (Å²) in [7, 11) is -4.02. The van der Waals surface area contributed by atoms with Crippen LogP contribution in [0.2, 0.25) is 5.02 Å². The summed E-state index contributed by atoms with van der Waals surface area (Å²) in [5.74, 6) is -0.351. The summed E-state index contributed by atoms with van der Waals surface area (Å²) in [4.78, 5) is 11.6. The first-order valence-corrected chi connectivity index (χ1v) is 11.7. The molecule has 0 heterocycles. The van der Waals surface area contributed by atoms with E-state index in [1.807, 2.05) is 29.5 Å². The molecule has 0 saturated carbocycles. The zero-order valence-corrected chi connectivity index (χ0v) is 20.7. The number of ether oxygens (including phenoxy) is 1. The van der Waals surface area contributed by atoms with Crippen LogP contribution in [0.15, 0.2) is 41.3 Å². The lowest BCUT2D eigenvalue weighted by atomic mass is 10.0. The van der Waals surface area contributed by atoms with E-state index in [9.17, 15) is 18.3 Å². The normalized spacial score (nSPS) is 12.5. The molecule has 0 aliphatic carbocycles. The molecular weight excluding hydrogens is 545 g/mol. The van der Waals surface area contributed by atoms with Crippen LogP contribution in [0.4, 0.5) is 0 Å². The average molecular weight is 570 g/mol. The summed E-state index contributed by atoms with van der Waals surface area (Å²) in [6, 6.07) is 8.53. The van der Waals surface area contributed by atoms with Gasteiger partial charge in [-0.15, -0.1) is 0 Å². The van der Waals surface area contributed by atoms with Crippen LogP contribution in [0.1, 0.15) is 44.4 Å². The molecule has 2 aromatic carbocycles. The summed E-state index contributed by atoms with van der Waals surface area (Å²) < 4.78 is 35.3. The summed E-state index contributed by atoms with van der Waals surface area (Å²) in [5, 5.41) is 10.4. The van der Waals surface area contributed by atoms with Crippen LogP contribution in [0.5, 0.6) is 5.75 Å². The van der Waals surface area contributed by atoms with E-state index in [1.165, 1.54) is 12.1 Å². The maximum atomic E-state index is 11.7. The van der Waals surface area contributed by atoms with Gasteiger partial charge in [0, 0.05) is 16.6 Å². The Morgan fingerprint density at radius 1 is 1.23 bits per heavy atom. The fourth-order valence-corrected chi connectivity index (χ4v) is 3.79. The van der Waals surface area contributed by atoms with Gasteiger partial charge >= 0.3 is 5.97 Å². The lowest BCUT2D eigenvalue weighted by Crippen LogP contribution is -2.26. The number of aryl methyl sites for hydroxylation is 1.